The van der Waals surface area contributed by atoms with Crippen LogP contribution in [0.2, 0.25) is 0 Å². The number of aliphatic imine (C=N–C) groups is 1. The van der Waals surface area contributed by atoms with Crippen molar-refractivity contribution in [1.29, 1.82) is 0 Å². The minimum absolute atomic E-state index is 0. The van der Waals surface area contributed by atoms with Crippen LogP contribution in [0.15, 0.2) is 40.8 Å². The molecule has 9 heteroatoms. The SMILES string of the molecule is CCNC(=NCc1ccnc(N2CCOC(C)C2)c1)N1CCN(Cc2cccs2)CC1.I. The van der Waals surface area contributed by atoms with Crippen molar-refractivity contribution in [1.82, 2.24) is 20.1 Å². The number of ether oxygens (including phenoxy) is 1. The number of piperazine rings is 1. The molecule has 0 amide bonds. The molecule has 0 saturated carbocycles. The predicted molar refractivity (Wildman–Crippen MR) is 143 cm³/mol. The number of guanidine groups is 1. The van der Waals surface area contributed by atoms with Crippen molar-refractivity contribution < 1.29 is 4.74 Å². The molecule has 32 heavy (non-hydrogen) atoms. The van der Waals surface area contributed by atoms with E-state index in [4.69, 9.17) is 9.73 Å². The van der Waals surface area contributed by atoms with E-state index in [0.29, 0.717) is 6.54 Å². The van der Waals surface area contributed by atoms with E-state index in [1.807, 2.05) is 17.5 Å². The summed E-state index contributed by atoms with van der Waals surface area (Å²) < 4.78 is 5.66. The molecule has 2 saturated heterocycles. The Balaban J connectivity index is 0.00000289. The Kier molecular flexibility index (Phi) is 10.0. The first-order valence-electron chi connectivity index (χ1n) is 11.3. The van der Waals surface area contributed by atoms with E-state index in [0.717, 1.165) is 70.7 Å². The number of aromatic nitrogens is 1. The number of halogens is 1. The second kappa shape index (κ2) is 12.7. The third-order valence-corrected chi connectivity index (χ3v) is 6.61. The fraction of sp³-hybridized carbons (Fsp3) is 0.565. The average molecular weight is 571 g/mol. The molecule has 2 fully saturated rings. The predicted octanol–water partition coefficient (Wildman–Crippen LogP) is 3.27. The number of hydrogen-bond donors (Lipinski definition) is 1. The molecule has 2 aromatic rings. The standard InChI is InChI=1S/C23H34N6OS.HI/c1-3-24-23(28-10-8-27(9-11-28)18-21-5-4-14-31-21)26-16-20-6-7-25-22(15-20)29-12-13-30-19(2)17-29;/h4-7,14-15,19H,3,8-13,16-18H2,1-2H3,(H,24,26);1H. The van der Waals surface area contributed by atoms with Gasteiger partial charge in [-0.25, -0.2) is 9.98 Å². The first-order valence-corrected chi connectivity index (χ1v) is 12.2. The van der Waals surface area contributed by atoms with E-state index in [-0.39, 0.29) is 30.1 Å². The zero-order chi connectivity index (χ0) is 21.5. The van der Waals surface area contributed by atoms with Crippen molar-refractivity contribution in [2.24, 2.45) is 4.99 Å². The number of morpholine rings is 1. The zero-order valence-electron chi connectivity index (χ0n) is 19.1. The van der Waals surface area contributed by atoms with Crippen LogP contribution >= 0.6 is 35.3 Å². The highest BCUT2D eigenvalue weighted by molar-refractivity contribution is 14.0. The van der Waals surface area contributed by atoms with E-state index >= 15 is 0 Å². The molecule has 2 aromatic heterocycles. The summed E-state index contributed by atoms with van der Waals surface area (Å²) in [6.07, 6.45) is 2.15. The van der Waals surface area contributed by atoms with Crippen LogP contribution in [0, 0.1) is 0 Å². The Morgan fingerprint density at radius 1 is 1.25 bits per heavy atom. The highest BCUT2D eigenvalue weighted by Gasteiger charge is 2.20. The lowest BCUT2D eigenvalue weighted by Crippen LogP contribution is -2.52. The summed E-state index contributed by atoms with van der Waals surface area (Å²) in [5, 5.41) is 5.64. The molecule has 2 aliphatic rings. The van der Waals surface area contributed by atoms with Gasteiger partial charge in [-0.3, -0.25) is 4.90 Å². The van der Waals surface area contributed by atoms with E-state index in [2.05, 4.69) is 68.5 Å². The fourth-order valence-corrected chi connectivity index (χ4v) is 4.84. The van der Waals surface area contributed by atoms with Gasteiger partial charge in [-0.05, 0) is 43.0 Å². The quantitative estimate of drug-likeness (QED) is 0.327. The Morgan fingerprint density at radius 2 is 2.09 bits per heavy atom. The molecule has 0 bridgehead atoms. The van der Waals surface area contributed by atoms with Crippen LogP contribution in [0.3, 0.4) is 0 Å². The third-order valence-electron chi connectivity index (χ3n) is 5.75. The van der Waals surface area contributed by atoms with Crippen molar-refractivity contribution in [2.45, 2.75) is 33.0 Å². The molecule has 0 aliphatic carbocycles. The topological polar surface area (TPSA) is 56.2 Å². The molecular formula is C23H35IN6OS. The van der Waals surface area contributed by atoms with Crippen LogP contribution in [0.4, 0.5) is 5.82 Å². The summed E-state index contributed by atoms with van der Waals surface area (Å²) in [6.45, 7) is 13.5. The average Bonchev–Trinajstić information content (AvgIpc) is 3.31. The zero-order valence-corrected chi connectivity index (χ0v) is 22.2. The molecule has 4 rings (SSSR count). The Labute approximate surface area is 212 Å². The Hall–Kier alpha value is -1.43. The Bertz CT molecular complexity index is 841. The van der Waals surface area contributed by atoms with Crippen molar-refractivity contribution >= 4 is 47.1 Å². The van der Waals surface area contributed by atoms with E-state index in [9.17, 15) is 0 Å². The molecule has 7 nitrogen and oxygen atoms in total. The smallest absolute Gasteiger partial charge is 0.194 e. The van der Waals surface area contributed by atoms with Crippen LogP contribution in [0.1, 0.15) is 24.3 Å². The number of rotatable bonds is 6. The number of thiophene rings is 1. The second-order valence-corrected chi connectivity index (χ2v) is 9.19. The summed E-state index contributed by atoms with van der Waals surface area (Å²) >= 11 is 1.84. The molecule has 0 spiro atoms. The van der Waals surface area contributed by atoms with Crippen molar-refractivity contribution in [3.8, 4) is 0 Å². The maximum atomic E-state index is 5.66. The molecule has 1 unspecified atom stereocenters. The number of pyridine rings is 1. The minimum atomic E-state index is 0. The van der Waals surface area contributed by atoms with Gasteiger partial charge < -0.3 is 19.9 Å². The summed E-state index contributed by atoms with van der Waals surface area (Å²) in [6, 6.07) is 8.60. The van der Waals surface area contributed by atoms with Gasteiger partial charge in [0.1, 0.15) is 5.82 Å². The maximum absolute atomic E-state index is 5.66. The highest BCUT2D eigenvalue weighted by Crippen LogP contribution is 2.17. The van der Waals surface area contributed by atoms with E-state index in [1.54, 1.807) is 0 Å². The van der Waals surface area contributed by atoms with Crippen LogP contribution in [0.25, 0.3) is 0 Å². The van der Waals surface area contributed by atoms with Crippen molar-refractivity contribution in [3.05, 3.63) is 46.3 Å². The molecular weight excluding hydrogens is 535 g/mol. The molecule has 2 aliphatic heterocycles. The van der Waals surface area contributed by atoms with Crippen LogP contribution in [-0.4, -0.2) is 79.3 Å². The highest BCUT2D eigenvalue weighted by atomic mass is 127. The van der Waals surface area contributed by atoms with Crippen molar-refractivity contribution in [3.63, 3.8) is 0 Å². The third kappa shape index (κ3) is 7.03. The molecule has 176 valence electrons. The summed E-state index contributed by atoms with van der Waals surface area (Å²) in [5.74, 6) is 2.03. The number of nitrogens with zero attached hydrogens (tertiary/aromatic N) is 5. The van der Waals surface area contributed by atoms with Crippen LogP contribution < -0.4 is 10.2 Å². The minimum Gasteiger partial charge on any atom is -0.375 e. The lowest BCUT2D eigenvalue weighted by atomic mass is 10.2. The molecule has 1 N–H and O–H groups in total. The van der Waals surface area contributed by atoms with E-state index < -0.39 is 0 Å². The summed E-state index contributed by atoms with van der Waals surface area (Å²) in [5.41, 5.74) is 1.19. The van der Waals surface area contributed by atoms with Crippen molar-refractivity contribution in [2.75, 3.05) is 57.3 Å². The molecule has 0 radical (unpaired) electrons. The monoisotopic (exact) mass is 570 g/mol. The summed E-state index contributed by atoms with van der Waals surface area (Å²) in [4.78, 5) is 18.2. The van der Waals surface area contributed by atoms with Gasteiger partial charge in [0.15, 0.2) is 5.96 Å². The van der Waals surface area contributed by atoms with Crippen LogP contribution in [0.5, 0.6) is 0 Å². The van der Waals surface area contributed by atoms with Gasteiger partial charge in [-0.1, -0.05) is 6.07 Å². The lowest BCUT2D eigenvalue weighted by molar-refractivity contribution is 0.0529. The number of hydrogen-bond acceptors (Lipinski definition) is 6. The molecule has 1 atom stereocenters. The largest absolute Gasteiger partial charge is 0.375 e. The van der Waals surface area contributed by atoms with Crippen LogP contribution in [-0.2, 0) is 17.8 Å². The second-order valence-electron chi connectivity index (χ2n) is 8.16. The normalized spacial score (nSPS) is 20.2. The maximum Gasteiger partial charge on any atom is 0.194 e. The van der Waals surface area contributed by atoms with Gasteiger partial charge in [0.05, 0.1) is 19.3 Å². The molecule has 4 heterocycles. The van der Waals surface area contributed by atoms with Gasteiger partial charge in [-0.2, -0.15) is 0 Å². The number of anilines is 1. The number of nitrogens with one attached hydrogen (secondary N) is 1. The molecule has 0 aromatic carbocycles. The first-order chi connectivity index (χ1) is 15.2. The Morgan fingerprint density at radius 3 is 2.81 bits per heavy atom. The first kappa shape index (κ1) is 25.2. The van der Waals surface area contributed by atoms with Gasteiger partial charge in [0, 0.05) is 63.4 Å². The van der Waals surface area contributed by atoms with Gasteiger partial charge in [0.25, 0.3) is 0 Å². The van der Waals surface area contributed by atoms with E-state index in [1.165, 1.54) is 10.4 Å². The lowest BCUT2D eigenvalue weighted by Gasteiger charge is -2.36. The van der Waals surface area contributed by atoms with Gasteiger partial charge in [0.2, 0.25) is 0 Å². The van der Waals surface area contributed by atoms with Gasteiger partial charge in [-0.15, -0.1) is 35.3 Å². The summed E-state index contributed by atoms with van der Waals surface area (Å²) in [7, 11) is 0. The fourth-order valence-electron chi connectivity index (χ4n) is 4.09. The van der Waals surface area contributed by atoms with Gasteiger partial charge >= 0.3 is 0 Å².